The van der Waals surface area contributed by atoms with Crippen molar-refractivity contribution in [2.45, 2.75) is 32.7 Å². The van der Waals surface area contributed by atoms with Gasteiger partial charge in [0.05, 0.1) is 31.2 Å². The van der Waals surface area contributed by atoms with Crippen molar-refractivity contribution in [3.63, 3.8) is 0 Å². The molecule has 0 aliphatic heterocycles. The summed E-state index contributed by atoms with van der Waals surface area (Å²) in [5.74, 6) is -1.18. The molecule has 7 heteroatoms. The van der Waals surface area contributed by atoms with Crippen LogP contribution in [0.1, 0.15) is 40.9 Å². The van der Waals surface area contributed by atoms with Crippen LogP contribution < -0.4 is 10.1 Å². The molecule has 0 saturated heterocycles. The van der Waals surface area contributed by atoms with Crippen LogP contribution in [-0.4, -0.2) is 29.1 Å². The van der Waals surface area contributed by atoms with Gasteiger partial charge in [0, 0.05) is 12.6 Å². The fourth-order valence-corrected chi connectivity index (χ4v) is 3.53. The number of carbonyl (C=O) groups excluding carboxylic acids is 1. The number of benzene rings is 2. The van der Waals surface area contributed by atoms with E-state index >= 15 is 0 Å². The van der Waals surface area contributed by atoms with Crippen molar-refractivity contribution < 1.29 is 19.4 Å². The summed E-state index contributed by atoms with van der Waals surface area (Å²) in [5, 5.41) is 12.4. The van der Waals surface area contributed by atoms with Gasteiger partial charge in [0.1, 0.15) is 5.75 Å². The lowest BCUT2D eigenvalue weighted by Gasteiger charge is -2.23. The maximum atomic E-state index is 12.7. The molecule has 0 radical (unpaired) electrons. The Morgan fingerprint density at radius 2 is 1.67 bits per heavy atom. The Kier molecular flexibility index (Phi) is 9.43. The molecule has 0 bridgehead atoms. The molecule has 2 aromatic carbocycles. The standard InChI is InChI=1S/C26H28N2O4.ClH/c1-17-6-12-21(13-7-17)25(18(2)26(30)31)28-24(29)16-20-10-8-19(9-11-20)15-22-23(32-3)5-4-14-27-22;/h4-14,18,25H,15-16H2,1-3H3,(H,28,29)(H,30,31);1H/t18-,25+;/m1./s1. The molecule has 3 rings (SSSR count). The number of nitrogens with one attached hydrogen (secondary N) is 1. The number of pyridine rings is 1. The molecular weight excluding hydrogens is 440 g/mol. The molecule has 0 aliphatic carbocycles. The highest BCUT2D eigenvalue weighted by Gasteiger charge is 2.26. The van der Waals surface area contributed by atoms with E-state index in [1.807, 2.05) is 67.6 Å². The first kappa shape index (κ1) is 25.9. The van der Waals surface area contributed by atoms with E-state index in [-0.39, 0.29) is 24.7 Å². The number of carboxylic acids is 1. The van der Waals surface area contributed by atoms with Crippen LogP contribution in [0, 0.1) is 12.8 Å². The van der Waals surface area contributed by atoms with Crippen LogP contribution in [0.3, 0.4) is 0 Å². The lowest BCUT2D eigenvalue weighted by molar-refractivity contribution is -0.142. The maximum Gasteiger partial charge on any atom is 0.308 e. The van der Waals surface area contributed by atoms with Crippen LogP contribution >= 0.6 is 12.4 Å². The number of aliphatic carboxylic acids is 1. The number of hydrogen-bond donors (Lipinski definition) is 2. The first-order valence-electron chi connectivity index (χ1n) is 10.5. The Hall–Kier alpha value is -3.38. The molecule has 0 fully saturated rings. The number of carboxylic acid groups (broad SMARTS) is 1. The second-order valence-electron chi connectivity index (χ2n) is 7.91. The van der Waals surface area contributed by atoms with Crippen LogP contribution in [0.4, 0.5) is 0 Å². The molecule has 0 saturated carbocycles. The molecule has 1 aromatic heterocycles. The number of nitrogens with zero attached hydrogens (tertiary/aromatic N) is 1. The van der Waals surface area contributed by atoms with Crippen molar-refractivity contribution in [2.24, 2.45) is 5.92 Å². The van der Waals surface area contributed by atoms with Crippen molar-refractivity contribution in [3.8, 4) is 5.75 Å². The molecule has 1 heterocycles. The third-order valence-corrected chi connectivity index (χ3v) is 5.47. The highest BCUT2D eigenvalue weighted by molar-refractivity contribution is 5.85. The summed E-state index contributed by atoms with van der Waals surface area (Å²) in [7, 11) is 1.62. The average molecular weight is 469 g/mol. The monoisotopic (exact) mass is 468 g/mol. The lowest BCUT2D eigenvalue weighted by atomic mass is 9.93. The minimum absolute atomic E-state index is 0. The van der Waals surface area contributed by atoms with E-state index in [4.69, 9.17) is 4.74 Å². The van der Waals surface area contributed by atoms with E-state index in [9.17, 15) is 14.7 Å². The van der Waals surface area contributed by atoms with Crippen LogP contribution in [0.5, 0.6) is 5.75 Å². The number of carbonyl (C=O) groups is 2. The largest absolute Gasteiger partial charge is 0.495 e. The molecule has 0 spiro atoms. The van der Waals surface area contributed by atoms with Gasteiger partial charge < -0.3 is 15.2 Å². The number of halogens is 1. The van der Waals surface area contributed by atoms with Crippen molar-refractivity contribution >= 4 is 24.3 Å². The number of aromatic nitrogens is 1. The summed E-state index contributed by atoms with van der Waals surface area (Å²) in [6.45, 7) is 3.57. The van der Waals surface area contributed by atoms with E-state index in [1.54, 1.807) is 20.2 Å². The van der Waals surface area contributed by atoms with E-state index < -0.39 is 17.9 Å². The number of rotatable bonds is 9. The normalized spacial score (nSPS) is 12.2. The minimum Gasteiger partial charge on any atom is -0.495 e. The van der Waals surface area contributed by atoms with Gasteiger partial charge in [0.25, 0.3) is 0 Å². The summed E-state index contributed by atoms with van der Waals surface area (Å²) in [6.07, 6.45) is 2.53. The van der Waals surface area contributed by atoms with E-state index in [2.05, 4.69) is 10.3 Å². The van der Waals surface area contributed by atoms with Gasteiger partial charge in [-0.1, -0.05) is 54.1 Å². The molecule has 2 N–H and O–H groups in total. The number of aryl methyl sites for hydroxylation is 1. The number of methoxy groups -OCH3 is 1. The summed E-state index contributed by atoms with van der Waals surface area (Å²) in [4.78, 5) is 28.7. The Morgan fingerprint density at radius 1 is 1.03 bits per heavy atom. The zero-order valence-corrected chi connectivity index (χ0v) is 19.8. The molecular formula is C26H29ClN2O4. The third-order valence-electron chi connectivity index (χ3n) is 5.47. The highest BCUT2D eigenvalue weighted by Crippen LogP contribution is 2.23. The summed E-state index contributed by atoms with van der Waals surface area (Å²) < 4.78 is 5.35. The maximum absolute atomic E-state index is 12.7. The van der Waals surface area contributed by atoms with Gasteiger partial charge in [-0.15, -0.1) is 12.4 Å². The van der Waals surface area contributed by atoms with Gasteiger partial charge in [-0.3, -0.25) is 14.6 Å². The number of hydrogen-bond acceptors (Lipinski definition) is 4. The van der Waals surface area contributed by atoms with Gasteiger partial charge in [-0.05, 0) is 42.7 Å². The Bertz CT molecular complexity index is 1070. The summed E-state index contributed by atoms with van der Waals surface area (Å²) >= 11 is 0. The summed E-state index contributed by atoms with van der Waals surface area (Å²) in [5.41, 5.74) is 4.61. The smallest absolute Gasteiger partial charge is 0.308 e. The molecule has 0 unspecified atom stereocenters. The molecule has 174 valence electrons. The van der Waals surface area contributed by atoms with Crippen molar-refractivity contribution in [3.05, 3.63) is 94.8 Å². The van der Waals surface area contributed by atoms with E-state index in [0.717, 1.165) is 33.7 Å². The third kappa shape index (κ3) is 7.05. The second-order valence-corrected chi connectivity index (χ2v) is 7.91. The molecule has 1 amide bonds. The van der Waals surface area contributed by atoms with Gasteiger partial charge in [-0.25, -0.2) is 0 Å². The van der Waals surface area contributed by atoms with Gasteiger partial charge in [0.15, 0.2) is 0 Å². The first-order chi connectivity index (χ1) is 15.4. The Labute approximate surface area is 200 Å². The van der Waals surface area contributed by atoms with Crippen LogP contribution in [0.15, 0.2) is 66.9 Å². The molecule has 6 nitrogen and oxygen atoms in total. The van der Waals surface area contributed by atoms with Crippen LogP contribution in [-0.2, 0) is 22.4 Å². The number of amides is 1. The van der Waals surface area contributed by atoms with Gasteiger partial charge in [-0.2, -0.15) is 0 Å². The first-order valence-corrected chi connectivity index (χ1v) is 10.5. The van der Waals surface area contributed by atoms with Crippen LogP contribution in [0.25, 0.3) is 0 Å². The highest BCUT2D eigenvalue weighted by atomic mass is 35.5. The quantitative estimate of drug-likeness (QED) is 0.481. The van der Waals surface area contributed by atoms with Crippen molar-refractivity contribution in [1.82, 2.24) is 10.3 Å². The number of ether oxygens (including phenoxy) is 1. The average Bonchev–Trinajstić information content (AvgIpc) is 2.79. The molecule has 33 heavy (non-hydrogen) atoms. The zero-order chi connectivity index (χ0) is 23.1. The van der Waals surface area contributed by atoms with Crippen molar-refractivity contribution in [1.29, 1.82) is 0 Å². The molecule has 2 atom stereocenters. The fraction of sp³-hybridized carbons (Fsp3) is 0.269. The van der Waals surface area contributed by atoms with Crippen molar-refractivity contribution in [2.75, 3.05) is 7.11 Å². The SMILES string of the molecule is COc1cccnc1Cc1ccc(CC(=O)N[C@H](c2ccc(C)cc2)[C@@H](C)C(=O)O)cc1.Cl. The van der Waals surface area contributed by atoms with E-state index in [0.29, 0.717) is 6.42 Å². The zero-order valence-electron chi connectivity index (χ0n) is 18.9. The Balaban J connectivity index is 0.00000385. The Morgan fingerprint density at radius 3 is 2.27 bits per heavy atom. The minimum atomic E-state index is -0.954. The predicted molar refractivity (Wildman–Crippen MR) is 130 cm³/mol. The predicted octanol–water partition coefficient (Wildman–Crippen LogP) is 4.53. The lowest BCUT2D eigenvalue weighted by Crippen LogP contribution is -2.36. The molecule has 3 aromatic rings. The van der Waals surface area contributed by atoms with Crippen LogP contribution in [0.2, 0.25) is 0 Å². The summed E-state index contributed by atoms with van der Waals surface area (Å²) in [6, 6.07) is 18.4. The second kappa shape index (κ2) is 12.0. The fourth-order valence-electron chi connectivity index (χ4n) is 3.53. The van der Waals surface area contributed by atoms with E-state index in [1.165, 1.54) is 0 Å². The topological polar surface area (TPSA) is 88.5 Å². The van der Waals surface area contributed by atoms with Gasteiger partial charge >= 0.3 is 5.97 Å². The molecule has 0 aliphatic rings. The van der Waals surface area contributed by atoms with Gasteiger partial charge in [0.2, 0.25) is 5.91 Å².